The fourth-order valence-electron chi connectivity index (χ4n) is 2.40. The van der Waals surface area contributed by atoms with E-state index in [1.54, 1.807) is 12.2 Å². The molecule has 3 nitrogen and oxygen atoms in total. The van der Waals surface area contributed by atoms with Crippen LogP contribution in [0.4, 0.5) is 13.2 Å². The number of amides is 1. The van der Waals surface area contributed by atoms with E-state index in [-0.39, 0.29) is 30.6 Å². The van der Waals surface area contributed by atoms with E-state index in [0.29, 0.717) is 6.42 Å². The molecule has 1 amide bonds. The molecule has 0 fully saturated rings. The Morgan fingerprint density at radius 1 is 1.29 bits per heavy atom. The second kappa shape index (κ2) is 6.30. The molecule has 114 valence electrons. The SMILES string of the molecule is O=C(Cc1ccccc1C(F)(F)F)N[C@@H]1C=C[C@H](CO)C1. The maximum atomic E-state index is 12.8. The Morgan fingerprint density at radius 3 is 2.62 bits per heavy atom. The van der Waals surface area contributed by atoms with Gasteiger partial charge in [-0.3, -0.25) is 4.79 Å². The van der Waals surface area contributed by atoms with Crippen molar-refractivity contribution in [2.45, 2.75) is 25.1 Å². The van der Waals surface area contributed by atoms with Crippen molar-refractivity contribution in [2.75, 3.05) is 6.61 Å². The van der Waals surface area contributed by atoms with Crippen molar-refractivity contribution in [3.05, 3.63) is 47.5 Å². The second-order valence-electron chi connectivity index (χ2n) is 5.07. The van der Waals surface area contributed by atoms with Gasteiger partial charge in [0.15, 0.2) is 0 Å². The first-order valence-electron chi connectivity index (χ1n) is 6.64. The summed E-state index contributed by atoms with van der Waals surface area (Å²) in [7, 11) is 0. The summed E-state index contributed by atoms with van der Waals surface area (Å²) in [5.41, 5.74) is -0.821. The van der Waals surface area contributed by atoms with Gasteiger partial charge >= 0.3 is 6.18 Å². The Kier molecular flexibility index (Phi) is 4.67. The smallest absolute Gasteiger partial charge is 0.396 e. The Hall–Kier alpha value is -1.82. The minimum atomic E-state index is -4.47. The predicted molar refractivity (Wildman–Crippen MR) is 71.4 cm³/mol. The summed E-state index contributed by atoms with van der Waals surface area (Å²) in [5, 5.41) is 11.7. The van der Waals surface area contributed by atoms with Gasteiger partial charge in [-0.15, -0.1) is 0 Å². The standard InChI is InChI=1S/C15H16F3NO2/c16-15(17,18)13-4-2-1-3-11(13)8-14(21)19-12-6-5-10(7-12)9-20/h1-6,10,12,20H,7-9H2,(H,19,21)/t10-,12+/m0/s1. The first-order valence-corrected chi connectivity index (χ1v) is 6.64. The Morgan fingerprint density at radius 2 is 2.00 bits per heavy atom. The van der Waals surface area contributed by atoms with E-state index >= 15 is 0 Å². The minimum absolute atomic E-state index is 0.000221. The summed E-state index contributed by atoms with van der Waals surface area (Å²) in [5.74, 6) is -0.460. The van der Waals surface area contributed by atoms with Gasteiger partial charge in [-0.25, -0.2) is 0 Å². The summed E-state index contributed by atoms with van der Waals surface area (Å²) in [6, 6.07) is 4.83. The van der Waals surface area contributed by atoms with Crippen LogP contribution in [-0.2, 0) is 17.4 Å². The van der Waals surface area contributed by atoms with Crippen LogP contribution in [-0.4, -0.2) is 23.7 Å². The highest BCUT2D eigenvalue weighted by Crippen LogP contribution is 2.32. The molecule has 21 heavy (non-hydrogen) atoms. The number of rotatable bonds is 4. The van der Waals surface area contributed by atoms with Crippen molar-refractivity contribution < 1.29 is 23.1 Å². The zero-order valence-electron chi connectivity index (χ0n) is 11.2. The fourth-order valence-corrected chi connectivity index (χ4v) is 2.40. The van der Waals surface area contributed by atoms with E-state index in [4.69, 9.17) is 5.11 Å². The molecular formula is C15H16F3NO2. The van der Waals surface area contributed by atoms with E-state index in [0.717, 1.165) is 6.07 Å². The molecule has 0 saturated carbocycles. The number of nitrogens with one attached hydrogen (secondary N) is 1. The lowest BCUT2D eigenvalue weighted by atomic mass is 10.0. The van der Waals surface area contributed by atoms with Gasteiger partial charge in [0.1, 0.15) is 0 Å². The lowest BCUT2D eigenvalue weighted by Crippen LogP contribution is -2.34. The van der Waals surface area contributed by atoms with Gasteiger partial charge in [-0.1, -0.05) is 30.4 Å². The van der Waals surface area contributed by atoms with Crippen LogP contribution in [0.1, 0.15) is 17.5 Å². The number of hydrogen-bond acceptors (Lipinski definition) is 2. The van der Waals surface area contributed by atoms with Crippen LogP contribution in [0.25, 0.3) is 0 Å². The molecular weight excluding hydrogens is 283 g/mol. The van der Waals surface area contributed by atoms with Crippen molar-refractivity contribution in [1.82, 2.24) is 5.32 Å². The first kappa shape index (κ1) is 15.6. The highest BCUT2D eigenvalue weighted by atomic mass is 19.4. The Labute approximate surface area is 120 Å². The van der Waals surface area contributed by atoms with Crippen LogP contribution < -0.4 is 5.32 Å². The third kappa shape index (κ3) is 4.07. The summed E-state index contributed by atoms with van der Waals surface area (Å²) >= 11 is 0. The fraction of sp³-hybridized carbons (Fsp3) is 0.400. The molecule has 0 aromatic heterocycles. The van der Waals surface area contributed by atoms with Crippen LogP contribution >= 0.6 is 0 Å². The van der Waals surface area contributed by atoms with Crippen molar-refractivity contribution in [2.24, 2.45) is 5.92 Å². The summed E-state index contributed by atoms with van der Waals surface area (Å²) in [6.45, 7) is -0.000221. The van der Waals surface area contributed by atoms with Crippen molar-refractivity contribution in [1.29, 1.82) is 0 Å². The number of halogens is 3. The van der Waals surface area contributed by atoms with Gasteiger partial charge in [0.2, 0.25) is 5.91 Å². The van der Waals surface area contributed by atoms with Crippen LogP contribution in [0.5, 0.6) is 0 Å². The third-order valence-electron chi connectivity index (χ3n) is 3.43. The molecule has 1 aliphatic rings. The van der Waals surface area contributed by atoms with Gasteiger partial charge < -0.3 is 10.4 Å². The van der Waals surface area contributed by atoms with Gasteiger partial charge in [0.05, 0.1) is 12.0 Å². The molecule has 2 rings (SSSR count). The number of carbonyl (C=O) groups excluding carboxylic acids is 1. The first-order chi connectivity index (χ1) is 9.90. The molecule has 1 aliphatic carbocycles. The van der Waals surface area contributed by atoms with Gasteiger partial charge in [-0.05, 0) is 18.1 Å². The van der Waals surface area contributed by atoms with E-state index in [1.165, 1.54) is 18.2 Å². The van der Waals surface area contributed by atoms with Crippen molar-refractivity contribution in [3.8, 4) is 0 Å². The average Bonchev–Trinajstić information content (AvgIpc) is 2.85. The molecule has 0 heterocycles. The minimum Gasteiger partial charge on any atom is -0.396 e. The highest BCUT2D eigenvalue weighted by molar-refractivity contribution is 5.79. The molecule has 0 unspecified atom stereocenters. The molecule has 0 spiro atoms. The van der Waals surface area contributed by atoms with E-state index in [2.05, 4.69) is 5.32 Å². The number of alkyl halides is 3. The number of hydrogen-bond donors (Lipinski definition) is 2. The molecule has 2 atom stereocenters. The second-order valence-corrected chi connectivity index (χ2v) is 5.07. The normalized spacial score (nSPS) is 21.5. The topological polar surface area (TPSA) is 49.3 Å². The van der Waals surface area contributed by atoms with Crippen LogP contribution in [0, 0.1) is 5.92 Å². The van der Waals surface area contributed by atoms with Gasteiger partial charge in [0.25, 0.3) is 0 Å². The molecule has 0 saturated heterocycles. The maximum Gasteiger partial charge on any atom is 0.416 e. The van der Waals surface area contributed by atoms with Crippen molar-refractivity contribution >= 4 is 5.91 Å². The van der Waals surface area contributed by atoms with Crippen LogP contribution in [0.3, 0.4) is 0 Å². The summed E-state index contributed by atoms with van der Waals surface area (Å²) < 4.78 is 38.5. The highest BCUT2D eigenvalue weighted by Gasteiger charge is 2.33. The zero-order chi connectivity index (χ0) is 15.5. The molecule has 1 aromatic carbocycles. The number of carbonyl (C=O) groups is 1. The van der Waals surface area contributed by atoms with Crippen LogP contribution in [0.15, 0.2) is 36.4 Å². The zero-order valence-corrected chi connectivity index (χ0v) is 11.2. The molecule has 0 bridgehead atoms. The lowest BCUT2D eigenvalue weighted by molar-refractivity contribution is -0.138. The maximum absolute atomic E-state index is 12.8. The number of aliphatic hydroxyl groups excluding tert-OH is 1. The van der Waals surface area contributed by atoms with Crippen LogP contribution in [0.2, 0.25) is 0 Å². The molecule has 1 aromatic rings. The van der Waals surface area contributed by atoms with Gasteiger partial charge in [0, 0.05) is 18.6 Å². The number of benzene rings is 1. The van der Waals surface area contributed by atoms with E-state index < -0.39 is 17.6 Å². The van der Waals surface area contributed by atoms with E-state index in [1.807, 2.05) is 0 Å². The molecule has 2 N–H and O–H groups in total. The Bertz CT molecular complexity index is 540. The monoisotopic (exact) mass is 299 g/mol. The molecule has 0 radical (unpaired) electrons. The summed E-state index contributed by atoms with van der Waals surface area (Å²) in [4.78, 5) is 11.9. The summed E-state index contributed by atoms with van der Waals surface area (Å²) in [6.07, 6.45) is -0.651. The van der Waals surface area contributed by atoms with Gasteiger partial charge in [-0.2, -0.15) is 13.2 Å². The lowest BCUT2D eigenvalue weighted by Gasteiger charge is -2.15. The Balaban J connectivity index is 1.99. The largest absolute Gasteiger partial charge is 0.416 e. The molecule has 6 heteroatoms. The average molecular weight is 299 g/mol. The molecule has 0 aliphatic heterocycles. The van der Waals surface area contributed by atoms with Crippen molar-refractivity contribution in [3.63, 3.8) is 0 Å². The number of aliphatic hydroxyl groups is 1. The quantitative estimate of drug-likeness (QED) is 0.838. The third-order valence-corrected chi connectivity index (χ3v) is 3.43. The van der Waals surface area contributed by atoms with E-state index in [9.17, 15) is 18.0 Å². The predicted octanol–water partition coefficient (Wildman–Crippen LogP) is 2.30.